The number of hydrogen-bond donors (Lipinski definition) is 1. The number of rotatable bonds is 4. The number of hydrogen-bond acceptors (Lipinski definition) is 4. The summed E-state index contributed by atoms with van der Waals surface area (Å²) in [4.78, 5) is 25.4. The van der Waals surface area contributed by atoms with E-state index in [0.717, 1.165) is 6.07 Å². The summed E-state index contributed by atoms with van der Waals surface area (Å²) in [6.07, 6.45) is -3.95. The van der Waals surface area contributed by atoms with Crippen LogP contribution in [0.1, 0.15) is 19.8 Å². The van der Waals surface area contributed by atoms with Gasteiger partial charge < -0.3 is 19.7 Å². The Labute approximate surface area is 142 Å². The first-order valence-corrected chi connectivity index (χ1v) is 7.87. The van der Waals surface area contributed by atoms with E-state index in [0.29, 0.717) is 32.5 Å². The molecule has 1 N–H and O–H groups in total. The summed E-state index contributed by atoms with van der Waals surface area (Å²) in [6, 6.07) is 4.77. The summed E-state index contributed by atoms with van der Waals surface area (Å²) in [5, 5.41) is 2.42. The smallest absolute Gasteiger partial charge is 0.466 e. The normalized spacial score (nSPS) is 15.6. The van der Waals surface area contributed by atoms with Crippen molar-refractivity contribution in [1.82, 2.24) is 4.90 Å². The number of para-hydroxylation sites is 2. The highest BCUT2D eigenvalue weighted by atomic mass is 19.4. The molecule has 6 nitrogen and oxygen atoms in total. The molecule has 1 fully saturated rings. The van der Waals surface area contributed by atoms with E-state index in [9.17, 15) is 22.8 Å². The highest BCUT2D eigenvalue weighted by Crippen LogP contribution is 2.30. The summed E-state index contributed by atoms with van der Waals surface area (Å²) >= 11 is 0. The van der Waals surface area contributed by atoms with Gasteiger partial charge in [-0.25, -0.2) is 4.79 Å². The molecule has 1 aliphatic rings. The maximum atomic E-state index is 12.4. The van der Waals surface area contributed by atoms with Gasteiger partial charge in [0, 0.05) is 13.1 Å². The number of anilines is 1. The lowest BCUT2D eigenvalue weighted by molar-refractivity contribution is -0.274. The SMILES string of the molecule is CCOC(=O)C1CCN(C(=O)Nc2ccccc2OC(F)(F)F)CC1. The van der Waals surface area contributed by atoms with Crippen LogP contribution in [0.2, 0.25) is 0 Å². The Morgan fingerprint density at radius 2 is 1.88 bits per heavy atom. The molecule has 138 valence electrons. The minimum Gasteiger partial charge on any atom is -0.466 e. The molecule has 0 radical (unpaired) electrons. The molecular formula is C16H19F3N2O4. The maximum absolute atomic E-state index is 12.4. The van der Waals surface area contributed by atoms with Gasteiger partial charge in [0.2, 0.25) is 0 Å². The van der Waals surface area contributed by atoms with Crippen molar-refractivity contribution in [3.8, 4) is 5.75 Å². The first-order valence-electron chi connectivity index (χ1n) is 7.87. The minimum atomic E-state index is -4.85. The number of nitrogens with one attached hydrogen (secondary N) is 1. The van der Waals surface area contributed by atoms with Gasteiger partial charge in [0.1, 0.15) is 0 Å². The van der Waals surface area contributed by atoms with Crippen LogP contribution >= 0.6 is 0 Å². The Morgan fingerprint density at radius 1 is 1.24 bits per heavy atom. The molecule has 1 aromatic carbocycles. The molecule has 0 unspecified atom stereocenters. The van der Waals surface area contributed by atoms with E-state index >= 15 is 0 Å². The lowest BCUT2D eigenvalue weighted by Crippen LogP contribution is -2.42. The summed E-state index contributed by atoms with van der Waals surface area (Å²) in [5.41, 5.74) is -0.0719. The van der Waals surface area contributed by atoms with Crippen molar-refractivity contribution in [3.05, 3.63) is 24.3 Å². The number of alkyl halides is 3. The van der Waals surface area contributed by atoms with Crippen LogP contribution in [-0.2, 0) is 9.53 Å². The Hall–Kier alpha value is -2.45. The van der Waals surface area contributed by atoms with Gasteiger partial charge in [-0.15, -0.1) is 13.2 Å². The van der Waals surface area contributed by atoms with Gasteiger partial charge in [-0.3, -0.25) is 4.79 Å². The second-order valence-electron chi connectivity index (χ2n) is 5.49. The molecule has 0 atom stereocenters. The van der Waals surface area contributed by atoms with E-state index in [4.69, 9.17) is 4.74 Å². The number of amides is 2. The van der Waals surface area contributed by atoms with Crippen LogP contribution in [0.5, 0.6) is 5.75 Å². The van der Waals surface area contributed by atoms with Gasteiger partial charge in [0.05, 0.1) is 18.2 Å². The topological polar surface area (TPSA) is 67.9 Å². The third-order valence-corrected chi connectivity index (χ3v) is 3.76. The number of benzene rings is 1. The lowest BCUT2D eigenvalue weighted by atomic mass is 9.97. The van der Waals surface area contributed by atoms with Crippen molar-refractivity contribution in [2.24, 2.45) is 5.92 Å². The molecule has 0 spiro atoms. The predicted octanol–water partition coefficient (Wildman–Crippen LogP) is 3.39. The second kappa shape index (κ2) is 8.09. The van der Waals surface area contributed by atoms with Crippen molar-refractivity contribution in [1.29, 1.82) is 0 Å². The zero-order valence-corrected chi connectivity index (χ0v) is 13.6. The summed E-state index contributed by atoms with van der Waals surface area (Å²) in [7, 11) is 0. The number of likely N-dealkylation sites (tertiary alicyclic amines) is 1. The number of nitrogens with zero attached hydrogens (tertiary/aromatic N) is 1. The van der Waals surface area contributed by atoms with Gasteiger partial charge in [-0.2, -0.15) is 0 Å². The molecule has 1 heterocycles. The van der Waals surface area contributed by atoms with Crippen LogP contribution in [-0.4, -0.2) is 43.0 Å². The molecule has 0 bridgehead atoms. The van der Waals surface area contributed by atoms with Crippen molar-refractivity contribution in [2.45, 2.75) is 26.1 Å². The number of halogens is 3. The van der Waals surface area contributed by atoms with Crippen LogP contribution < -0.4 is 10.1 Å². The van der Waals surface area contributed by atoms with Crippen molar-refractivity contribution >= 4 is 17.7 Å². The average molecular weight is 360 g/mol. The zero-order valence-electron chi connectivity index (χ0n) is 13.6. The van der Waals surface area contributed by atoms with Crippen LogP contribution in [0, 0.1) is 5.92 Å². The molecule has 2 amide bonds. The minimum absolute atomic E-state index is 0.0719. The number of piperidine rings is 1. The third-order valence-electron chi connectivity index (χ3n) is 3.76. The Morgan fingerprint density at radius 3 is 2.48 bits per heavy atom. The van der Waals surface area contributed by atoms with E-state index in [1.165, 1.54) is 23.1 Å². The van der Waals surface area contributed by atoms with Crippen LogP contribution in [0.15, 0.2) is 24.3 Å². The van der Waals surface area contributed by atoms with E-state index in [-0.39, 0.29) is 17.6 Å². The van der Waals surface area contributed by atoms with E-state index in [2.05, 4.69) is 10.1 Å². The predicted molar refractivity (Wildman–Crippen MR) is 83.1 cm³/mol. The van der Waals surface area contributed by atoms with Gasteiger partial charge >= 0.3 is 18.4 Å². The molecule has 0 saturated carbocycles. The molecular weight excluding hydrogens is 341 g/mol. The monoisotopic (exact) mass is 360 g/mol. The summed E-state index contributed by atoms with van der Waals surface area (Å²) in [5.74, 6) is -1.03. The number of urea groups is 1. The molecule has 9 heteroatoms. The largest absolute Gasteiger partial charge is 0.573 e. The van der Waals surface area contributed by atoms with Crippen LogP contribution in [0.3, 0.4) is 0 Å². The highest BCUT2D eigenvalue weighted by molar-refractivity contribution is 5.91. The number of ether oxygens (including phenoxy) is 2. The Balaban J connectivity index is 1.94. The van der Waals surface area contributed by atoms with Gasteiger partial charge in [-0.05, 0) is 31.9 Å². The van der Waals surface area contributed by atoms with Gasteiger partial charge in [0.15, 0.2) is 5.75 Å². The van der Waals surface area contributed by atoms with Crippen LogP contribution in [0.4, 0.5) is 23.7 Å². The number of carbonyl (C=O) groups is 2. The maximum Gasteiger partial charge on any atom is 0.573 e. The van der Waals surface area contributed by atoms with Gasteiger partial charge in [-0.1, -0.05) is 12.1 Å². The molecule has 1 aliphatic heterocycles. The Kier molecular flexibility index (Phi) is 6.11. The number of carbonyl (C=O) groups excluding carboxylic acids is 2. The van der Waals surface area contributed by atoms with Crippen molar-refractivity contribution < 1.29 is 32.2 Å². The van der Waals surface area contributed by atoms with Crippen molar-refractivity contribution in [3.63, 3.8) is 0 Å². The molecule has 1 aromatic rings. The number of esters is 1. The van der Waals surface area contributed by atoms with Crippen molar-refractivity contribution in [2.75, 3.05) is 25.0 Å². The molecule has 25 heavy (non-hydrogen) atoms. The molecule has 0 aliphatic carbocycles. The highest BCUT2D eigenvalue weighted by Gasteiger charge is 2.33. The quantitative estimate of drug-likeness (QED) is 0.836. The van der Waals surface area contributed by atoms with E-state index < -0.39 is 18.1 Å². The average Bonchev–Trinajstić information content (AvgIpc) is 2.55. The van der Waals surface area contributed by atoms with E-state index in [1.54, 1.807) is 6.92 Å². The molecule has 0 aromatic heterocycles. The van der Waals surface area contributed by atoms with Crippen LogP contribution in [0.25, 0.3) is 0 Å². The van der Waals surface area contributed by atoms with Gasteiger partial charge in [0.25, 0.3) is 0 Å². The first-order chi connectivity index (χ1) is 11.8. The third kappa shape index (κ3) is 5.54. The summed E-state index contributed by atoms with van der Waals surface area (Å²) < 4.78 is 46.1. The first kappa shape index (κ1) is 18.9. The van der Waals surface area contributed by atoms with E-state index in [1.807, 2.05) is 0 Å². The fourth-order valence-electron chi connectivity index (χ4n) is 2.56. The zero-order chi connectivity index (χ0) is 18.4. The molecule has 1 saturated heterocycles. The fourth-order valence-corrected chi connectivity index (χ4v) is 2.56. The molecule has 2 rings (SSSR count). The second-order valence-corrected chi connectivity index (χ2v) is 5.49. The fraction of sp³-hybridized carbons (Fsp3) is 0.500. The standard InChI is InChI=1S/C16H19F3N2O4/c1-2-24-14(22)11-7-9-21(10-8-11)15(23)20-12-5-3-4-6-13(12)25-16(17,18)19/h3-6,11H,2,7-10H2,1H3,(H,20,23). The summed E-state index contributed by atoms with van der Waals surface area (Å²) in [6.45, 7) is 2.66. The lowest BCUT2D eigenvalue weighted by Gasteiger charge is -2.31. The Bertz CT molecular complexity index is 614.